The van der Waals surface area contributed by atoms with E-state index in [0.29, 0.717) is 18.8 Å². The molecule has 2 aromatic rings. The van der Waals surface area contributed by atoms with E-state index < -0.39 is 0 Å². The third-order valence-corrected chi connectivity index (χ3v) is 3.20. The van der Waals surface area contributed by atoms with E-state index in [9.17, 15) is 0 Å². The van der Waals surface area contributed by atoms with Gasteiger partial charge in [0.2, 0.25) is 0 Å². The van der Waals surface area contributed by atoms with Crippen molar-refractivity contribution in [2.45, 2.75) is 26.4 Å². The number of aromatic nitrogens is 3. The largest absolute Gasteiger partial charge is 0.409 e. The molecule has 0 atom stereocenters. The molecule has 0 unspecified atom stereocenters. The molecular formula is C14H20N6O. The average Bonchev–Trinajstić information content (AvgIpc) is 2.87. The Kier molecular flexibility index (Phi) is 4.89. The fourth-order valence-corrected chi connectivity index (χ4v) is 2.22. The van der Waals surface area contributed by atoms with Crippen molar-refractivity contribution in [3.63, 3.8) is 0 Å². The Bertz CT molecular complexity index is 634. The lowest BCUT2D eigenvalue weighted by Gasteiger charge is -2.08. The molecule has 2 rings (SSSR count). The molecule has 0 aliphatic carbocycles. The van der Waals surface area contributed by atoms with Gasteiger partial charge in [0.25, 0.3) is 0 Å². The molecule has 0 bridgehead atoms. The summed E-state index contributed by atoms with van der Waals surface area (Å²) >= 11 is 0. The second-order valence-electron chi connectivity index (χ2n) is 4.73. The molecule has 0 aliphatic rings. The quantitative estimate of drug-likeness (QED) is 0.315. The van der Waals surface area contributed by atoms with Crippen LogP contribution in [0.2, 0.25) is 0 Å². The third kappa shape index (κ3) is 3.57. The smallest absolute Gasteiger partial charge is 0.189 e. The van der Waals surface area contributed by atoms with Crippen LogP contribution in [-0.4, -0.2) is 25.8 Å². The summed E-state index contributed by atoms with van der Waals surface area (Å²) in [5.74, 6) is 0.0167. The Balaban J connectivity index is 2.04. The molecule has 0 aliphatic heterocycles. The van der Waals surface area contributed by atoms with Gasteiger partial charge in [-0.2, -0.15) is 5.10 Å². The van der Waals surface area contributed by atoms with Crippen molar-refractivity contribution < 1.29 is 5.21 Å². The summed E-state index contributed by atoms with van der Waals surface area (Å²) in [6.45, 7) is 3.38. The van der Waals surface area contributed by atoms with Gasteiger partial charge < -0.3 is 16.3 Å². The lowest BCUT2D eigenvalue weighted by molar-refractivity contribution is 0.318. The number of nitrogens with one attached hydrogen (secondary N) is 1. The van der Waals surface area contributed by atoms with Crippen molar-refractivity contribution in [3.8, 4) is 0 Å². The van der Waals surface area contributed by atoms with E-state index in [1.807, 2.05) is 30.1 Å². The lowest BCUT2D eigenvalue weighted by Crippen LogP contribution is -2.21. The molecule has 0 saturated carbocycles. The summed E-state index contributed by atoms with van der Waals surface area (Å²) in [6.07, 6.45) is 4.53. The highest BCUT2D eigenvalue weighted by Crippen LogP contribution is 2.09. The summed E-state index contributed by atoms with van der Waals surface area (Å²) in [7, 11) is 1.92. The van der Waals surface area contributed by atoms with Gasteiger partial charge in [-0.15, -0.1) is 0 Å². The molecule has 2 aromatic heterocycles. The Labute approximate surface area is 123 Å². The lowest BCUT2D eigenvalue weighted by atomic mass is 10.1. The molecule has 7 heteroatoms. The van der Waals surface area contributed by atoms with Crippen molar-refractivity contribution in [1.29, 1.82) is 0 Å². The zero-order valence-electron chi connectivity index (χ0n) is 12.2. The number of nitrogens with zero attached hydrogens (tertiary/aromatic N) is 4. The second kappa shape index (κ2) is 6.85. The van der Waals surface area contributed by atoms with Crippen LogP contribution in [-0.2, 0) is 26.6 Å². The molecule has 0 radical (unpaired) electrons. The number of hydrogen-bond acceptors (Lipinski definition) is 5. The monoisotopic (exact) mass is 288 g/mol. The van der Waals surface area contributed by atoms with Crippen LogP contribution in [0.15, 0.2) is 29.7 Å². The fourth-order valence-electron chi connectivity index (χ4n) is 2.22. The molecule has 112 valence electrons. The van der Waals surface area contributed by atoms with E-state index in [1.165, 1.54) is 5.56 Å². The van der Waals surface area contributed by atoms with Gasteiger partial charge in [0.1, 0.15) is 5.69 Å². The summed E-state index contributed by atoms with van der Waals surface area (Å²) in [6, 6.07) is 3.73. The molecule has 0 aromatic carbocycles. The van der Waals surface area contributed by atoms with Gasteiger partial charge in [-0.05, 0) is 18.1 Å². The maximum absolute atomic E-state index is 8.78. The van der Waals surface area contributed by atoms with Gasteiger partial charge >= 0.3 is 0 Å². The van der Waals surface area contributed by atoms with E-state index in [-0.39, 0.29) is 5.84 Å². The summed E-state index contributed by atoms with van der Waals surface area (Å²) in [5.41, 5.74) is 9.27. The number of pyridine rings is 1. The van der Waals surface area contributed by atoms with Gasteiger partial charge in [0, 0.05) is 38.1 Å². The van der Waals surface area contributed by atoms with Gasteiger partial charge in [0.15, 0.2) is 5.84 Å². The van der Waals surface area contributed by atoms with Crippen molar-refractivity contribution in [2.24, 2.45) is 17.9 Å². The highest BCUT2D eigenvalue weighted by Gasteiger charge is 2.09. The Morgan fingerprint density at radius 2 is 2.19 bits per heavy atom. The van der Waals surface area contributed by atoms with Gasteiger partial charge in [-0.3, -0.25) is 9.67 Å². The molecule has 0 saturated heterocycles. The first-order valence-corrected chi connectivity index (χ1v) is 6.79. The molecule has 2 heterocycles. The van der Waals surface area contributed by atoms with E-state index in [2.05, 4.69) is 27.5 Å². The number of hydrogen-bond donors (Lipinski definition) is 3. The van der Waals surface area contributed by atoms with Crippen LogP contribution in [0.5, 0.6) is 0 Å². The normalized spacial score (nSPS) is 11.8. The summed E-state index contributed by atoms with van der Waals surface area (Å²) in [4.78, 5) is 4.14. The Morgan fingerprint density at radius 1 is 1.43 bits per heavy atom. The molecule has 0 spiro atoms. The van der Waals surface area contributed by atoms with Crippen LogP contribution in [0.1, 0.15) is 29.4 Å². The fraction of sp³-hybridized carbons (Fsp3) is 0.357. The Hall–Kier alpha value is -2.41. The SMILES string of the molecule is CCc1nn(C)cc1CNCc1cccnc1/C(N)=N/O. The third-order valence-electron chi connectivity index (χ3n) is 3.20. The zero-order valence-corrected chi connectivity index (χ0v) is 12.2. The van der Waals surface area contributed by atoms with Gasteiger partial charge in [-0.25, -0.2) is 0 Å². The molecule has 7 nitrogen and oxygen atoms in total. The van der Waals surface area contributed by atoms with Gasteiger partial charge in [-0.1, -0.05) is 18.1 Å². The number of oxime groups is 1. The minimum atomic E-state index is 0.0167. The van der Waals surface area contributed by atoms with Crippen LogP contribution in [0.3, 0.4) is 0 Å². The number of amidine groups is 1. The first-order chi connectivity index (χ1) is 10.2. The highest BCUT2D eigenvalue weighted by atomic mass is 16.4. The first kappa shape index (κ1) is 15.0. The van der Waals surface area contributed by atoms with Crippen molar-refractivity contribution in [2.75, 3.05) is 0 Å². The number of aryl methyl sites for hydroxylation is 2. The predicted octanol–water partition coefficient (Wildman–Crippen LogP) is 0.762. The van der Waals surface area contributed by atoms with Gasteiger partial charge in [0.05, 0.1) is 5.69 Å². The van der Waals surface area contributed by atoms with Crippen LogP contribution in [0.25, 0.3) is 0 Å². The molecule has 21 heavy (non-hydrogen) atoms. The second-order valence-corrected chi connectivity index (χ2v) is 4.73. The summed E-state index contributed by atoms with van der Waals surface area (Å²) < 4.78 is 1.82. The van der Waals surface area contributed by atoms with Crippen LogP contribution in [0, 0.1) is 0 Å². The average molecular weight is 288 g/mol. The van der Waals surface area contributed by atoms with E-state index in [0.717, 1.165) is 17.7 Å². The zero-order chi connectivity index (χ0) is 15.2. The highest BCUT2D eigenvalue weighted by molar-refractivity contribution is 5.96. The van der Waals surface area contributed by atoms with Crippen LogP contribution >= 0.6 is 0 Å². The van der Waals surface area contributed by atoms with Crippen LogP contribution < -0.4 is 11.1 Å². The topological polar surface area (TPSA) is 101 Å². The standard InChI is InChI=1S/C14H20N6O/c1-3-12-11(9-20(2)18-12)8-16-7-10-5-4-6-17-13(10)14(15)19-21/h4-6,9,16,21H,3,7-8H2,1-2H3,(H2,15,19). The molecule has 0 fully saturated rings. The predicted molar refractivity (Wildman–Crippen MR) is 79.9 cm³/mol. The first-order valence-electron chi connectivity index (χ1n) is 6.79. The molecular weight excluding hydrogens is 268 g/mol. The maximum Gasteiger partial charge on any atom is 0.189 e. The minimum Gasteiger partial charge on any atom is -0.409 e. The van der Waals surface area contributed by atoms with E-state index >= 15 is 0 Å². The number of nitrogens with two attached hydrogens (primary N) is 1. The minimum absolute atomic E-state index is 0.0167. The maximum atomic E-state index is 8.78. The summed E-state index contributed by atoms with van der Waals surface area (Å²) in [5, 5.41) is 19.5. The molecule has 4 N–H and O–H groups in total. The Morgan fingerprint density at radius 3 is 2.90 bits per heavy atom. The van der Waals surface area contributed by atoms with Crippen molar-refractivity contribution in [3.05, 3.63) is 47.0 Å². The van der Waals surface area contributed by atoms with E-state index in [4.69, 9.17) is 10.9 Å². The van der Waals surface area contributed by atoms with E-state index in [1.54, 1.807) is 6.20 Å². The van der Waals surface area contributed by atoms with Crippen molar-refractivity contribution >= 4 is 5.84 Å². The number of rotatable bonds is 6. The molecule has 0 amide bonds. The van der Waals surface area contributed by atoms with Crippen molar-refractivity contribution in [1.82, 2.24) is 20.1 Å². The van der Waals surface area contributed by atoms with Crippen LogP contribution in [0.4, 0.5) is 0 Å².